The number of rotatable bonds is 3. The van der Waals surface area contributed by atoms with Crippen LogP contribution in [0.2, 0.25) is 0 Å². The van der Waals surface area contributed by atoms with Gasteiger partial charge in [0.1, 0.15) is 11.5 Å². The number of amides is 1. The van der Waals surface area contributed by atoms with Crippen molar-refractivity contribution in [3.05, 3.63) is 54.1 Å². The van der Waals surface area contributed by atoms with Crippen molar-refractivity contribution in [1.29, 1.82) is 0 Å². The molecule has 2 aromatic rings. The Morgan fingerprint density at radius 3 is 2.39 bits per heavy atom. The van der Waals surface area contributed by atoms with E-state index in [4.69, 9.17) is 0 Å². The number of hydrogen-bond acceptors (Lipinski definition) is 3. The summed E-state index contributed by atoms with van der Waals surface area (Å²) in [6.45, 7) is 1.60. The van der Waals surface area contributed by atoms with E-state index in [1.54, 1.807) is 30.5 Å². The Balaban J connectivity index is 1.73. The lowest BCUT2D eigenvalue weighted by atomic mass is 10.2. The molecular weight excluding hydrogens is 293 g/mol. The molecule has 1 aliphatic rings. The summed E-state index contributed by atoms with van der Waals surface area (Å²) in [6.07, 6.45) is 6.10. The van der Waals surface area contributed by atoms with Crippen LogP contribution in [0.15, 0.2) is 42.6 Å². The van der Waals surface area contributed by atoms with E-state index in [-0.39, 0.29) is 11.7 Å². The summed E-state index contributed by atoms with van der Waals surface area (Å²) >= 11 is 0. The van der Waals surface area contributed by atoms with Gasteiger partial charge in [-0.2, -0.15) is 0 Å². The fraction of sp³-hybridized carbons (Fsp3) is 0.333. The Bertz CT molecular complexity index is 664. The molecule has 0 bridgehead atoms. The largest absolute Gasteiger partial charge is 0.355 e. The molecule has 1 fully saturated rings. The van der Waals surface area contributed by atoms with Crippen LogP contribution in [0.3, 0.4) is 0 Å². The number of nitrogens with one attached hydrogen (secondary N) is 1. The molecule has 0 radical (unpaired) electrons. The first kappa shape index (κ1) is 15.5. The number of likely N-dealkylation sites (tertiary alicyclic amines) is 1. The quantitative estimate of drug-likeness (QED) is 0.932. The van der Waals surface area contributed by atoms with Gasteiger partial charge in [0.05, 0.1) is 0 Å². The summed E-state index contributed by atoms with van der Waals surface area (Å²) in [5, 5.41) is 3.16. The lowest BCUT2D eigenvalue weighted by molar-refractivity contribution is 0.0756. The minimum atomic E-state index is -0.276. The maximum atomic E-state index is 12.9. The van der Waals surface area contributed by atoms with Gasteiger partial charge in [0.15, 0.2) is 0 Å². The summed E-state index contributed by atoms with van der Waals surface area (Å²) < 4.78 is 12.9. The van der Waals surface area contributed by atoms with Gasteiger partial charge in [-0.1, -0.05) is 12.8 Å². The first-order chi connectivity index (χ1) is 11.2. The second kappa shape index (κ2) is 7.22. The number of anilines is 2. The second-order valence-corrected chi connectivity index (χ2v) is 5.77. The van der Waals surface area contributed by atoms with E-state index in [0.717, 1.165) is 37.3 Å². The Kier molecular flexibility index (Phi) is 4.86. The molecule has 1 aromatic heterocycles. The molecule has 0 saturated carbocycles. The third kappa shape index (κ3) is 4.06. The number of aromatic nitrogens is 1. The monoisotopic (exact) mass is 313 g/mol. The molecule has 2 heterocycles. The Morgan fingerprint density at radius 1 is 1.00 bits per heavy atom. The molecule has 5 heteroatoms. The fourth-order valence-corrected chi connectivity index (χ4v) is 2.76. The normalized spacial score (nSPS) is 15.1. The van der Waals surface area contributed by atoms with Crippen LogP contribution >= 0.6 is 0 Å². The van der Waals surface area contributed by atoms with Gasteiger partial charge >= 0.3 is 0 Å². The highest BCUT2D eigenvalue weighted by Gasteiger charge is 2.18. The van der Waals surface area contributed by atoms with E-state index >= 15 is 0 Å². The summed E-state index contributed by atoms with van der Waals surface area (Å²) in [5.74, 6) is -0.294. The van der Waals surface area contributed by atoms with Crippen LogP contribution in [0.25, 0.3) is 0 Å². The van der Waals surface area contributed by atoms with Gasteiger partial charge in [-0.15, -0.1) is 0 Å². The highest BCUT2D eigenvalue weighted by molar-refractivity contribution is 5.93. The molecule has 3 rings (SSSR count). The molecule has 0 spiro atoms. The standard InChI is InChI=1S/C18H20FN3O/c19-14-5-7-15(8-6-14)21-16-9-10-20-17(13-16)18(23)22-11-3-1-2-4-12-22/h5-10,13H,1-4,11-12H2,(H,20,21). The molecule has 1 amide bonds. The number of nitrogens with zero attached hydrogens (tertiary/aromatic N) is 2. The Morgan fingerprint density at radius 2 is 1.70 bits per heavy atom. The zero-order chi connectivity index (χ0) is 16.1. The lowest BCUT2D eigenvalue weighted by Crippen LogP contribution is -2.32. The van der Waals surface area contributed by atoms with Gasteiger partial charge in [0.2, 0.25) is 0 Å². The van der Waals surface area contributed by atoms with Gasteiger partial charge in [-0.05, 0) is 49.2 Å². The SMILES string of the molecule is O=C(c1cc(Nc2ccc(F)cc2)ccn1)N1CCCCCC1. The molecule has 1 aromatic carbocycles. The lowest BCUT2D eigenvalue weighted by Gasteiger charge is -2.20. The average molecular weight is 313 g/mol. The van der Waals surface area contributed by atoms with Crippen LogP contribution in [-0.4, -0.2) is 28.9 Å². The van der Waals surface area contributed by atoms with Gasteiger partial charge in [-0.25, -0.2) is 4.39 Å². The highest BCUT2D eigenvalue weighted by atomic mass is 19.1. The van der Waals surface area contributed by atoms with E-state index in [1.165, 1.54) is 25.0 Å². The van der Waals surface area contributed by atoms with Gasteiger partial charge in [-0.3, -0.25) is 9.78 Å². The Labute approximate surface area is 135 Å². The van der Waals surface area contributed by atoms with Crippen LogP contribution in [0.4, 0.5) is 15.8 Å². The molecule has 4 nitrogen and oxygen atoms in total. The zero-order valence-electron chi connectivity index (χ0n) is 13.0. The number of pyridine rings is 1. The first-order valence-corrected chi connectivity index (χ1v) is 8.00. The maximum absolute atomic E-state index is 12.9. The zero-order valence-corrected chi connectivity index (χ0v) is 13.0. The minimum absolute atomic E-state index is 0.0188. The van der Waals surface area contributed by atoms with Crippen LogP contribution < -0.4 is 5.32 Å². The van der Waals surface area contributed by atoms with Crippen molar-refractivity contribution in [3.8, 4) is 0 Å². The van der Waals surface area contributed by atoms with E-state index in [1.807, 2.05) is 4.90 Å². The van der Waals surface area contributed by atoms with Crippen LogP contribution in [0.1, 0.15) is 36.2 Å². The molecule has 0 aliphatic carbocycles. The molecule has 1 N–H and O–H groups in total. The first-order valence-electron chi connectivity index (χ1n) is 8.00. The number of benzene rings is 1. The topological polar surface area (TPSA) is 45.2 Å². The number of halogens is 1. The second-order valence-electron chi connectivity index (χ2n) is 5.77. The maximum Gasteiger partial charge on any atom is 0.272 e. The fourth-order valence-electron chi connectivity index (χ4n) is 2.76. The summed E-state index contributed by atoms with van der Waals surface area (Å²) in [7, 11) is 0. The van der Waals surface area contributed by atoms with Crippen molar-refractivity contribution in [1.82, 2.24) is 9.88 Å². The average Bonchev–Trinajstić information content (AvgIpc) is 2.86. The van der Waals surface area contributed by atoms with E-state index in [0.29, 0.717) is 5.69 Å². The summed E-state index contributed by atoms with van der Waals surface area (Å²) in [6, 6.07) is 9.65. The Hall–Kier alpha value is -2.43. The summed E-state index contributed by atoms with van der Waals surface area (Å²) in [4.78, 5) is 18.7. The molecule has 1 aliphatic heterocycles. The van der Waals surface area contributed by atoms with Gasteiger partial charge in [0, 0.05) is 30.7 Å². The molecule has 120 valence electrons. The molecule has 1 saturated heterocycles. The number of carbonyl (C=O) groups is 1. The van der Waals surface area contributed by atoms with Crippen molar-refractivity contribution in [3.63, 3.8) is 0 Å². The molecule has 0 unspecified atom stereocenters. The number of carbonyl (C=O) groups excluding carboxylic acids is 1. The third-order valence-corrected chi connectivity index (χ3v) is 4.01. The van der Waals surface area contributed by atoms with Crippen LogP contribution in [0.5, 0.6) is 0 Å². The summed E-state index contributed by atoms with van der Waals surface area (Å²) in [5.41, 5.74) is 1.98. The molecule has 23 heavy (non-hydrogen) atoms. The van der Waals surface area contributed by atoms with Crippen molar-refractivity contribution in [2.24, 2.45) is 0 Å². The highest BCUT2D eigenvalue weighted by Crippen LogP contribution is 2.19. The van der Waals surface area contributed by atoms with E-state index in [2.05, 4.69) is 10.3 Å². The van der Waals surface area contributed by atoms with Crippen molar-refractivity contribution < 1.29 is 9.18 Å². The minimum Gasteiger partial charge on any atom is -0.355 e. The predicted octanol–water partition coefficient (Wildman–Crippen LogP) is 3.98. The predicted molar refractivity (Wildman–Crippen MR) is 88.3 cm³/mol. The molecular formula is C18H20FN3O. The van der Waals surface area contributed by atoms with Crippen LogP contribution in [0, 0.1) is 5.82 Å². The van der Waals surface area contributed by atoms with Crippen molar-refractivity contribution >= 4 is 17.3 Å². The van der Waals surface area contributed by atoms with Crippen LogP contribution in [-0.2, 0) is 0 Å². The van der Waals surface area contributed by atoms with Gasteiger partial charge in [0.25, 0.3) is 5.91 Å². The smallest absolute Gasteiger partial charge is 0.272 e. The molecule has 0 atom stereocenters. The third-order valence-electron chi connectivity index (χ3n) is 4.01. The van der Waals surface area contributed by atoms with Crippen molar-refractivity contribution in [2.45, 2.75) is 25.7 Å². The van der Waals surface area contributed by atoms with E-state index < -0.39 is 0 Å². The van der Waals surface area contributed by atoms with Gasteiger partial charge < -0.3 is 10.2 Å². The number of hydrogen-bond donors (Lipinski definition) is 1. The van der Waals surface area contributed by atoms with Crippen molar-refractivity contribution in [2.75, 3.05) is 18.4 Å². The van der Waals surface area contributed by atoms with E-state index in [9.17, 15) is 9.18 Å².